The van der Waals surface area contributed by atoms with Crippen LogP contribution in [-0.2, 0) is 4.79 Å². The Bertz CT molecular complexity index is 789. The highest BCUT2D eigenvalue weighted by molar-refractivity contribution is 5.91. The average molecular weight is 341 g/mol. The van der Waals surface area contributed by atoms with Crippen LogP contribution in [0.25, 0.3) is 0 Å². The highest BCUT2D eigenvalue weighted by Crippen LogP contribution is 2.43. The quantitative estimate of drug-likeness (QED) is 0.677. The molecule has 0 saturated heterocycles. The lowest BCUT2D eigenvalue weighted by molar-refractivity contribution is -0.125. The molecule has 1 saturated carbocycles. The number of carbonyl (C=O) groups is 1. The maximum atomic E-state index is 13.8. The second kappa shape index (κ2) is 7.45. The van der Waals surface area contributed by atoms with Crippen molar-refractivity contribution in [2.24, 2.45) is 11.8 Å². The lowest BCUT2D eigenvalue weighted by atomic mass is 9.67. The van der Waals surface area contributed by atoms with Crippen LogP contribution in [0.3, 0.4) is 0 Å². The molecule has 1 heteroatoms. The zero-order valence-electron chi connectivity index (χ0n) is 15.1. The highest BCUT2D eigenvalue weighted by atomic mass is 16.1. The third-order valence-electron chi connectivity index (χ3n) is 5.86. The topological polar surface area (TPSA) is 17.1 Å². The second-order valence-corrected chi connectivity index (χ2v) is 7.50. The highest BCUT2D eigenvalue weighted by Gasteiger charge is 2.38. The Balaban J connectivity index is 1.70. The number of ketones is 1. The molecule has 2 aromatic rings. The Morgan fingerprint density at radius 1 is 0.962 bits per heavy atom. The van der Waals surface area contributed by atoms with Gasteiger partial charge in [-0.05, 0) is 49.7 Å². The first kappa shape index (κ1) is 17.0. The average Bonchev–Trinajstić information content (AvgIpc) is 2.69. The summed E-state index contributed by atoms with van der Waals surface area (Å²) in [6, 6.07) is 20.5. The molecule has 1 radical (unpaired) electrons. The molecule has 0 heterocycles. The number of rotatable bonds is 4. The van der Waals surface area contributed by atoms with Gasteiger partial charge < -0.3 is 0 Å². The summed E-state index contributed by atoms with van der Waals surface area (Å²) in [5.74, 6) is 0.659. The van der Waals surface area contributed by atoms with Crippen LogP contribution in [-0.4, -0.2) is 5.78 Å². The van der Waals surface area contributed by atoms with Crippen LogP contribution in [0.15, 0.2) is 84.0 Å². The van der Waals surface area contributed by atoms with Gasteiger partial charge in [-0.2, -0.15) is 0 Å². The van der Waals surface area contributed by atoms with Gasteiger partial charge in [-0.1, -0.05) is 84.0 Å². The molecule has 0 N–H and O–H groups in total. The number of fused-ring (bicyclic) bond motifs is 1. The van der Waals surface area contributed by atoms with E-state index in [1.165, 1.54) is 5.57 Å². The maximum Gasteiger partial charge on any atom is 0.148 e. The van der Waals surface area contributed by atoms with Gasteiger partial charge in [0.05, 0.1) is 5.92 Å². The van der Waals surface area contributed by atoms with Crippen LogP contribution in [0.2, 0.25) is 0 Å². The summed E-state index contributed by atoms with van der Waals surface area (Å²) in [5, 5.41) is 0. The van der Waals surface area contributed by atoms with Crippen molar-refractivity contribution in [1.82, 2.24) is 0 Å². The van der Waals surface area contributed by atoms with Crippen molar-refractivity contribution in [3.63, 3.8) is 0 Å². The first-order chi connectivity index (χ1) is 12.7. The third kappa shape index (κ3) is 3.31. The zero-order valence-corrected chi connectivity index (χ0v) is 15.1. The van der Waals surface area contributed by atoms with Gasteiger partial charge in [-0.25, -0.2) is 0 Å². The van der Waals surface area contributed by atoms with Gasteiger partial charge in [-0.3, -0.25) is 4.79 Å². The molecule has 2 aromatic carbocycles. The van der Waals surface area contributed by atoms with E-state index in [-0.39, 0.29) is 11.8 Å². The summed E-state index contributed by atoms with van der Waals surface area (Å²) < 4.78 is 0. The molecule has 131 valence electrons. The molecular formula is C25H25O. The number of Topliss-reactive ketones (excluding diaryl/α,β-unsaturated/α-hetero) is 1. The molecule has 2 atom stereocenters. The maximum absolute atomic E-state index is 13.8. The van der Waals surface area contributed by atoms with Crippen LogP contribution in [0, 0.1) is 18.8 Å². The Labute approximate surface area is 156 Å². The van der Waals surface area contributed by atoms with E-state index in [0.29, 0.717) is 11.7 Å². The summed E-state index contributed by atoms with van der Waals surface area (Å²) in [6.45, 7) is 4.09. The minimum Gasteiger partial charge on any atom is -0.298 e. The van der Waals surface area contributed by atoms with E-state index in [0.717, 1.165) is 42.4 Å². The van der Waals surface area contributed by atoms with Gasteiger partial charge >= 0.3 is 0 Å². The van der Waals surface area contributed by atoms with Crippen LogP contribution in [0.5, 0.6) is 0 Å². The first-order valence-corrected chi connectivity index (χ1v) is 9.60. The van der Waals surface area contributed by atoms with Crippen molar-refractivity contribution in [1.29, 1.82) is 0 Å². The predicted molar refractivity (Wildman–Crippen MR) is 107 cm³/mol. The van der Waals surface area contributed by atoms with Crippen molar-refractivity contribution in [2.75, 3.05) is 0 Å². The Hall–Kier alpha value is -2.41. The minimum absolute atomic E-state index is 0.102. The molecular weight excluding hydrogens is 316 g/mol. The van der Waals surface area contributed by atoms with E-state index >= 15 is 0 Å². The van der Waals surface area contributed by atoms with Gasteiger partial charge in [0.25, 0.3) is 0 Å². The largest absolute Gasteiger partial charge is 0.298 e. The zero-order chi connectivity index (χ0) is 17.9. The molecule has 2 aliphatic carbocycles. The van der Waals surface area contributed by atoms with Crippen LogP contribution >= 0.6 is 0 Å². The smallest absolute Gasteiger partial charge is 0.148 e. The van der Waals surface area contributed by atoms with Gasteiger partial charge in [0.2, 0.25) is 0 Å². The minimum atomic E-state index is -0.174. The third-order valence-corrected chi connectivity index (χ3v) is 5.86. The number of benzene rings is 2. The fourth-order valence-electron chi connectivity index (χ4n) is 4.61. The van der Waals surface area contributed by atoms with E-state index in [4.69, 9.17) is 0 Å². The van der Waals surface area contributed by atoms with Crippen LogP contribution in [0.1, 0.15) is 42.7 Å². The summed E-state index contributed by atoms with van der Waals surface area (Å²) in [5.41, 5.74) is 4.74. The number of allylic oxidation sites excluding steroid dienone is 4. The summed E-state index contributed by atoms with van der Waals surface area (Å²) in [6.07, 6.45) is 8.58. The Morgan fingerprint density at radius 3 is 2.19 bits per heavy atom. The number of hydrogen-bond acceptors (Lipinski definition) is 1. The Kier molecular flexibility index (Phi) is 4.88. The molecule has 1 fully saturated rings. The van der Waals surface area contributed by atoms with Gasteiger partial charge in [0.15, 0.2) is 0 Å². The molecule has 0 aromatic heterocycles. The number of carbonyl (C=O) groups excluding carboxylic acids is 1. The fraction of sp³-hybridized carbons (Fsp3) is 0.280. The first-order valence-electron chi connectivity index (χ1n) is 9.60. The fourth-order valence-corrected chi connectivity index (χ4v) is 4.61. The normalized spacial score (nSPS) is 22.4. The molecule has 26 heavy (non-hydrogen) atoms. The van der Waals surface area contributed by atoms with E-state index in [1.54, 1.807) is 0 Å². The molecule has 0 aliphatic heterocycles. The molecule has 2 unspecified atom stereocenters. The van der Waals surface area contributed by atoms with E-state index in [9.17, 15) is 4.79 Å². The number of hydrogen-bond donors (Lipinski definition) is 0. The lowest BCUT2D eigenvalue weighted by Crippen LogP contribution is -2.33. The molecule has 0 amide bonds. The summed E-state index contributed by atoms with van der Waals surface area (Å²) in [4.78, 5) is 13.8. The summed E-state index contributed by atoms with van der Waals surface area (Å²) in [7, 11) is 0. The van der Waals surface area contributed by atoms with Gasteiger partial charge in [0, 0.05) is 5.92 Å². The predicted octanol–water partition coefficient (Wildman–Crippen LogP) is 5.89. The SMILES string of the molecule is [CH2]C1=CCC2C(=C1)CCCC2C(=O)C(c1ccccc1)c1ccccc1. The monoisotopic (exact) mass is 341 g/mol. The van der Waals surface area contributed by atoms with Crippen LogP contribution < -0.4 is 0 Å². The van der Waals surface area contributed by atoms with E-state index in [1.807, 2.05) is 36.4 Å². The summed E-state index contributed by atoms with van der Waals surface area (Å²) >= 11 is 0. The Morgan fingerprint density at radius 2 is 1.58 bits per heavy atom. The second-order valence-electron chi connectivity index (χ2n) is 7.50. The molecule has 1 nitrogen and oxygen atoms in total. The molecule has 0 spiro atoms. The van der Waals surface area contributed by atoms with Crippen LogP contribution in [0.4, 0.5) is 0 Å². The molecule has 2 aliphatic rings. The standard InChI is InChI=1S/C25H25O/c1-18-15-16-22-21(17-18)13-8-14-23(22)25(26)24(19-9-4-2-5-10-19)20-11-6-3-7-12-20/h2-7,9-12,15,17,22-24H,1,8,13-14,16H2. The molecule has 4 rings (SSSR count). The van der Waals surface area contributed by atoms with Crippen molar-refractivity contribution in [3.8, 4) is 0 Å². The lowest BCUT2D eigenvalue weighted by Gasteiger charge is -2.36. The van der Waals surface area contributed by atoms with E-state index < -0.39 is 0 Å². The van der Waals surface area contributed by atoms with Crippen molar-refractivity contribution in [2.45, 2.75) is 31.6 Å². The van der Waals surface area contributed by atoms with Gasteiger partial charge in [0.1, 0.15) is 5.78 Å². The van der Waals surface area contributed by atoms with Crippen molar-refractivity contribution < 1.29 is 4.79 Å². The molecule has 0 bridgehead atoms. The van der Waals surface area contributed by atoms with E-state index in [2.05, 4.69) is 43.3 Å². The van der Waals surface area contributed by atoms with Crippen molar-refractivity contribution >= 4 is 5.78 Å². The van der Waals surface area contributed by atoms with Crippen molar-refractivity contribution in [3.05, 3.63) is 102 Å². The van der Waals surface area contributed by atoms with Gasteiger partial charge in [-0.15, -0.1) is 0 Å².